The van der Waals surface area contributed by atoms with Gasteiger partial charge in [0, 0.05) is 5.75 Å². The van der Waals surface area contributed by atoms with Gasteiger partial charge < -0.3 is 16.2 Å². The van der Waals surface area contributed by atoms with Crippen LogP contribution in [0.15, 0.2) is 4.99 Å². The minimum atomic E-state index is -0.839. The number of rotatable bonds is 5. The molecule has 0 aromatic heterocycles. The van der Waals surface area contributed by atoms with Gasteiger partial charge in [0.2, 0.25) is 0 Å². The molecular weight excluding hydrogens is 202 g/mol. The SMILES string of the molecule is NCCCC(NC1=NCCS1)C(=O)O. The quantitative estimate of drug-likeness (QED) is 0.597. The van der Waals surface area contributed by atoms with E-state index >= 15 is 0 Å². The predicted octanol–water partition coefficient (Wildman–Crippen LogP) is -0.129. The number of hydrogen-bond donors (Lipinski definition) is 3. The first-order valence-corrected chi connectivity index (χ1v) is 5.59. The zero-order chi connectivity index (χ0) is 10.4. The van der Waals surface area contributed by atoms with E-state index in [1.807, 2.05) is 0 Å². The Kier molecular flexibility index (Phi) is 4.75. The lowest BCUT2D eigenvalue weighted by molar-refractivity contribution is -0.139. The highest BCUT2D eigenvalue weighted by Gasteiger charge is 2.19. The summed E-state index contributed by atoms with van der Waals surface area (Å²) in [5.41, 5.74) is 5.33. The molecule has 0 aromatic carbocycles. The number of carboxylic acids is 1. The average molecular weight is 217 g/mol. The van der Waals surface area contributed by atoms with E-state index in [0.717, 1.165) is 17.5 Å². The number of carbonyl (C=O) groups is 1. The van der Waals surface area contributed by atoms with Gasteiger partial charge in [-0.05, 0) is 19.4 Å². The van der Waals surface area contributed by atoms with Gasteiger partial charge in [0.15, 0.2) is 5.17 Å². The highest BCUT2D eigenvalue weighted by molar-refractivity contribution is 8.14. The lowest BCUT2D eigenvalue weighted by Crippen LogP contribution is -2.39. The van der Waals surface area contributed by atoms with Gasteiger partial charge in [-0.1, -0.05) is 11.8 Å². The van der Waals surface area contributed by atoms with Gasteiger partial charge in [-0.15, -0.1) is 0 Å². The summed E-state index contributed by atoms with van der Waals surface area (Å²) < 4.78 is 0. The van der Waals surface area contributed by atoms with E-state index in [0.29, 0.717) is 19.4 Å². The summed E-state index contributed by atoms with van der Waals surface area (Å²) in [7, 11) is 0. The molecule has 0 spiro atoms. The van der Waals surface area contributed by atoms with Crippen LogP contribution in [-0.2, 0) is 4.79 Å². The summed E-state index contributed by atoms with van der Waals surface area (Å²) in [6.45, 7) is 1.29. The second-order valence-electron chi connectivity index (χ2n) is 3.00. The van der Waals surface area contributed by atoms with Crippen LogP contribution in [0, 0.1) is 0 Å². The number of nitrogens with one attached hydrogen (secondary N) is 1. The molecule has 1 heterocycles. The molecule has 0 fully saturated rings. The highest BCUT2D eigenvalue weighted by atomic mass is 32.2. The first-order valence-electron chi connectivity index (χ1n) is 4.60. The van der Waals surface area contributed by atoms with Crippen LogP contribution in [-0.4, -0.2) is 41.1 Å². The molecule has 0 bridgehead atoms. The Hall–Kier alpha value is -0.750. The Morgan fingerprint density at radius 2 is 2.57 bits per heavy atom. The first kappa shape index (κ1) is 11.3. The molecular formula is C8H15N3O2S. The van der Waals surface area contributed by atoms with Crippen molar-refractivity contribution in [2.45, 2.75) is 18.9 Å². The van der Waals surface area contributed by atoms with E-state index in [1.165, 1.54) is 0 Å². The zero-order valence-electron chi connectivity index (χ0n) is 7.90. The summed E-state index contributed by atoms with van der Waals surface area (Å²) in [5.74, 6) is 0.0969. The maximum Gasteiger partial charge on any atom is 0.326 e. The summed E-state index contributed by atoms with van der Waals surface area (Å²) in [6.07, 6.45) is 1.26. The second-order valence-corrected chi connectivity index (χ2v) is 4.09. The predicted molar refractivity (Wildman–Crippen MR) is 57.6 cm³/mol. The molecule has 0 saturated heterocycles. The van der Waals surface area contributed by atoms with E-state index in [1.54, 1.807) is 11.8 Å². The largest absolute Gasteiger partial charge is 0.480 e. The molecule has 0 saturated carbocycles. The molecule has 80 valence electrons. The Morgan fingerprint density at radius 3 is 3.07 bits per heavy atom. The molecule has 0 aliphatic carbocycles. The smallest absolute Gasteiger partial charge is 0.326 e. The number of thioether (sulfide) groups is 1. The van der Waals surface area contributed by atoms with Crippen molar-refractivity contribution in [3.8, 4) is 0 Å². The van der Waals surface area contributed by atoms with E-state index in [-0.39, 0.29) is 0 Å². The zero-order valence-corrected chi connectivity index (χ0v) is 8.72. The van der Waals surface area contributed by atoms with Crippen LogP contribution in [0.3, 0.4) is 0 Å². The molecule has 6 heteroatoms. The Labute approximate surface area is 87.2 Å². The number of aliphatic carboxylic acids is 1. The topological polar surface area (TPSA) is 87.7 Å². The van der Waals surface area contributed by atoms with Crippen LogP contribution in [0.25, 0.3) is 0 Å². The van der Waals surface area contributed by atoms with Gasteiger partial charge in [-0.3, -0.25) is 4.99 Å². The van der Waals surface area contributed by atoms with Crippen LogP contribution in [0.4, 0.5) is 0 Å². The Morgan fingerprint density at radius 1 is 1.79 bits per heavy atom. The standard InChI is InChI=1S/C8H15N3O2S/c9-3-1-2-6(7(12)13)11-8-10-4-5-14-8/h6H,1-5,9H2,(H,10,11)(H,12,13). The van der Waals surface area contributed by atoms with Crippen LogP contribution in [0.1, 0.15) is 12.8 Å². The summed E-state index contributed by atoms with van der Waals surface area (Å²) in [6, 6.07) is -0.553. The number of hydrogen-bond acceptors (Lipinski definition) is 5. The molecule has 1 unspecified atom stereocenters. The third-order valence-corrected chi connectivity index (χ3v) is 2.79. The molecule has 14 heavy (non-hydrogen) atoms. The first-order chi connectivity index (χ1) is 6.74. The van der Waals surface area contributed by atoms with Crippen LogP contribution >= 0.6 is 11.8 Å². The molecule has 1 aliphatic heterocycles. The average Bonchev–Trinajstić information content (AvgIpc) is 2.64. The third kappa shape index (κ3) is 3.55. The van der Waals surface area contributed by atoms with E-state index in [9.17, 15) is 4.79 Å². The number of aliphatic imine (C=N–C) groups is 1. The Bertz CT molecular complexity index is 233. The van der Waals surface area contributed by atoms with Gasteiger partial charge in [-0.25, -0.2) is 4.79 Å². The van der Waals surface area contributed by atoms with Crippen LogP contribution in [0.2, 0.25) is 0 Å². The maximum atomic E-state index is 10.8. The van der Waals surface area contributed by atoms with Gasteiger partial charge in [0.1, 0.15) is 6.04 Å². The number of nitrogens with zero attached hydrogens (tertiary/aromatic N) is 1. The van der Waals surface area contributed by atoms with Crippen molar-refractivity contribution in [3.05, 3.63) is 0 Å². The van der Waals surface area contributed by atoms with E-state index < -0.39 is 12.0 Å². The van der Waals surface area contributed by atoms with E-state index in [2.05, 4.69) is 10.3 Å². The van der Waals surface area contributed by atoms with Crippen molar-refractivity contribution >= 4 is 22.9 Å². The van der Waals surface area contributed by atoms with Gasteiger partial charge in [-0.2, -0.15) is 0 Å². The lowest BCUT2D eigenvalue weighted by Gasteiger charge is -2.14. The fourth-order valence-electron chi connectivity index (χ4n) is 1.15. The Balaban J connectivity index is 2.38. The van der Waals surface area contributed by atoms with Crippen molar-refractivity contribution < 1.29 is 9.90 Å². The molecule has 1 aliphatic rings. The summed E-state index contributed by atoms with van der Waals surface area (Å²) in [5, 5.41) is 12.5. The minimum Gasteiger partial charge on any atom is -0.480 e. The van der Waals surface area contributed by atoms with Gasteiger partial charge in [0.05, 0.1) is 6.54 Å². The van der Waals surface area contributed by atoms with Crippen molar-refractivity contribution in [3.63, 3.8) is 0 Å². The highest BCUT2D eigenvalue weighted by Crippen LogP contribution is 2.10. The molecule has 0 amide bonds. The van der Waals surface area contributed by atoms with Crippen molar-refractivity contribution in [1.29, 1.82) is 0 Å². The normalized spacial score (nSPS) is 17.6. The second kappa shape index (κ2) is 5.87. The number of nitrogens with two attached hydrogens (primary N) is 1. The molecule has 0 aromatic rings. The van der Waals surface area contributed by atoms with Crippen LogP contribution in [0.5, 0.6) is 0 Å². The monoisotopic (exact) mass is 217 g/mol. The molecule has 4 N–H and O–H groups in total. The van der Waals surface area contributed by atoms with Crippen LogP contribution < -0.4 is 11.1 Å². The minimum absolute atomic E-state index is 0.519. The number of carboxylic acid groups (broad SMARTS) is 1. The van der Waals surface area contributed by atoms with Crippen molar-refractivity contribution in [1.82, 2.24) is 5.32 Å². The van der Waals surface area contributed by atoms with Crippen molar-refractivity contribution in [2.24, 2.45) is 10.7 Å². The van der Waals surface area contributed by atoms with E-state index in [4.69, 9.17) is 10.8 Å². The molecule has 0 radical (unpaired) electrons. The summed E-state index contributed by atoms with van der Waals surface area (Å²) in [4.78, 5) is 15.0. The maximum absolute atomic E-state index is 10.8. The molecule has 5 nitrogen and oxygen atoms in total. The third-order valence-electron chi connectivity index (χ3n) is 1.88. The van der Waals surface area contributed by atoms with Gasteiger partial charge in [0.25, 0.3) is 0 Å². The molecule has 1 atom stereocenters. The summed E-state index contributed by atoms with van der Waals surface area (Å²) >= 11 is 1.57. The van der Waals surface area contributed by atoms with Gasteiger partial charge >= 0.3 is 5.97 Å². The number of amidine groups is 1. The molecule has 1 rings (SSSR count). The fourth-order valence-corrected chi connectivity index (χ4v) is 1.93. The van der Waals surface area contributed by atoms with Crippen molar-refractivity contribution in [2.75, 3.05) is 18.8 Å². The fraction of sp³-hybridized carbons (Fsp3) is 0.750. The lowest BCUT2D eigenvalue weighted by atomic mass is 10.1.